The van der Waals surface area contributed by atoms with Gasteiger partial charge < -0.3 is 0 Å². The maximum absolute atomic E-state index is 10.9. The Balaban J connectivity index is 2.23. The summed E-state index contributed by atoms with van der Waals surface area (Å²) in [5.41, 5.74) is 3.75. The molecule has 0 unspecified atom stereocenters. The lowest BCUT2D eigenvalue weighted by Gasteiger charge is -2.56. The predicted octanol–water partition coefficient (Wildman–Crippen LogP) is 3.10. The van der Waals surface area contributed by atoms with E-state index in [0.717, 1.165) is 12.8 Å². The van der Waals surface area contributed by atoms with Gasteiger partial charge in [-0.25, -0.2) is 0 Å². The number of allylic oxidation sites excluding steroid dienone is 2. The van der Waals surface area contributed by atoms with Crippen LogP contribution in [0.1, 0.15) is 47.0 Å². The Hall–Kier alpha value is -0.590. The quantitative estimate of drug-likeness (QED) is 0.521. The fourth-order valence-electron chi connectivity index (χ4n) is 2.39. The molecule has 0 spiro atoms. The van der Waals surface area contributed by atoms with Crippen molar-refractivity contribution in [2.24, 2.45) is 10.8 Å². The van der Waals surface area contributed by atoms with E-state index in [4.69, 9.17) is 0 Å². The van der Waals surface area contributed by atoms with Crippen molar-refractivity contribution in [2.75, 3.05) is 0 Å². The zero-order chi connectivity index (χ0) is 9.85. The lowest BCUT2D eigenvalue weighted by atomic mass is 9.48. The summed E-state index contributed by atoms with van der Waals surface area (Å²) in [5, 5.41) is 0. The van der Waals surface area contributed by atoms with Crippen LogP contribution in [0.25, 0.3) is 0 Å². The van der Waals surface area contributed by atoms with E-state index in [-0.39, 0.29) is 0 Å². The summed E-state index contributed by atoms with van der Waals surface area (Å²) in [7, 11) is 0. The van der Waals surface area contributed by atoms with Gasteiger partial charge in [-0.3, -0.25) is 4.79 Å². The normalized spacial score (nSPS) is 29.7. The maximum Gasteiger partial charge on any atom is 0.140 e. The van der Waals surface area contributed by atoms with Crippen molar-refractivity contribution < 1.29 is 4.79 Å². The number of hydrogen-bond acceptors (Lipinski definition) is 1. The number of Topliss-reactive ketones (excluding diaryl/α,β-unsaturated/α-hetero) is 1. The lowest BCUT2D eigenvalue weighted by molar-refractivity contribution is -0.121. The van der Waals surface area contributed by atoms with Crippen molar-refractivity contribution >= 4 is 5.78 Å². The standard InChI is InChI=1S/C12H18O/c1-11(2)7-10(12(11,3)4)8-5-9(13)6-8/h5-7H2,1-4H3. The summed E-state index contributed by atoms with van der Waals surface area (Å²) in [6.07, 6.45) is 2.69. The molecule has 0 aromatic rings. The van der Waals surface area contributed by atoms with Gasteiger partial charge in [0.15, 0.2) is 0 Å². The second-order valence-corrected chi connectivity index (χ2v) is 5.66. The Kier molecular flexibility index (Phi) is 1.56. The van der Waals surface area contributed by atoms with E-state index in [1.807, 2.05) is 0 Å². The first-order valence-electron chi connectivity index (χ1n) is 5.08. The van der Waals surface area contributed by atoms with Gasteiger partial charge in [-0.1, -0.05) is 38.8 Å². The second kappa shape index (κ2) is 2.26. The molecule has 72 valence electrons. The number of carbonyl (C=O) groups is 1. The third-order valence-corrected chi connectivity index (χ3v) is 4.31. The Bertz CT molecular complexity index is 295. The molecule has 0 radical (unpaired) electrons. The Morgan fingerprint density at radius 3 is 1.92 bits per heavy atom. The highest BCUT2D eigenvalue weighted by molar-refractivity contribution is 5.91. The number of hydrogen-bond donors (Lipinski definition) is 0. The molecule has 0 aromatic carbocycles. The van der Waals surface area contributed by atoms with Crippen LogP contribution in [-0.2, 0) is 4.79 Å². The van der Waals surface area contributed by atoms with Crippen LogP contribution in [0.3, 0.4) is 0 Å². The van der Waals surface area contributed by atoms with Crippen molar-refractivity contribution in [3.05, 3.63) is 11.1 Å². The topological polar surface area (TPSA) is 17.1 Å². The summed E-state index contributed by atoms with van der Waals surface area (Å²) in [6.45, 7) is 9.25. The largest absolute Gasteiger partial charge is 0.299 e. The molecule has 1 heteroatoms. The molecule has 1 nitrogen and oxygen atoms in total. The molecular weight excluding hydrogens is 160 g/mol. The molecule has 2 aliphatic carbocycles. The van der Waals surface area contributed by atoms with Crippen LogP contribution < -0.4 is 0 Å². The van der Waals surface area contributed by atoms with Crippen LogP contribution in [0.4, 0.5) is 0 Å². The lowest BCUT2D eigenvalue weighted by Crippen LogP contribution is -2.47. The first kappa shape index (κ1) is 8.98. The zero-order valence-corrected chi connectivity index (χ0v) is 9.03. The predicted molar refractivity (Wildman–Crippen MR) is 53.4 cm³/mol. The fraction of sp³-hybridized carbons (Fsp3) is 0.750. The Morgan fingerprint density at radius 2 is 1.62 bits per heavy atom. The van der Waals surface area contributed by atoms with E-state index in [0.29, 0.717) is 16.6 Å². The molecule has 0 atom stereocenters. The maximum atomic E-state index is 10.9. The van der Waals surface area contributed by atoms with Crippen LogP contribution in [0, 0.1) is 10.8 Å². The Labute approximate surface area is 80.2 Å². The highest BCUT2D eigenvalue weighted by atomic mass is 16.1. The van der Waals surface area contributed by atoms with Gasteiger partial charge in [0.05, 0.1) is 0 Å². The van der Waals surface area contributed by atoms with Gasteiger partial charge in [-0.05, 0) is 17.3 Å². The van der Waals surface area contributed by atoms with Crippen molar-refractivity contribution in [2.45, 2.75) is 47.0 Å². The molecular formula is C12H18O. The van der Waals surface area contributed by atoms with Crippen molar-refractivity contribution in [3.8, 4) is 0 Å². The van der Waals surface area contributed by atoms with E-state index in [1.165, 1.54) is 12.0 Å². The zero-order valence-electron chi connectivity index (χ0n) is 9.03. The van der Waals surface area contributed by atoms with Crippen LogP contribution in [0.5, 0.6) is 0 Å². The van der Waals surface area contributed by atoms with Crippen LogP contribution >= 0.6 is 0 Å². The first-order valence-corrected chi connectivity index (χ1v) is 5.08. The summed E-state index contributed by atoms with van der Waals surface area (Å²) in [4.78, 5) is 10.9. The van der Waals surface area contributed by atoms with E-state index in [2.05, 4.69) is 27.7 Å². The van der Waals surface area contributed by atoms with Gasteiger partial charge in [0.25, 0.3) is 0 Å². The van der Waals surface area contributed by atoms with Crippen molar-refractivity contribution in [1.82, 2.24) is 0 Å². The molecule has 0 N–H and O–H groups in total. The molecule has 2 rings (SSSR count). The summed E-state index contributed by atoms with van der Waals surface area (Å²) >= 11 is 0. The van der Waals surface area contributed by atoms with E-state index in [1.54, 1.807) is 5.57 Å². The molecule has 0 aromatic heterocycles. The van der Waals surface area contributed by atoms with Gasteiger partial charge >= 0.3 is 0 Å². The fourth-order valence-corrected chi connectivity index (χ4v) is 2.39. The molecule has 0 heterocycles. The van der Waals surface area contributed by atoms with Crippen molar-refractivity contribution in [3.63, 3.8) is 0 Å². The SMILES string of the molecule is CC1(C)CC(=C2CC(=O)C2)C1(C)C. The van der Waals surface area contributed by atoms with Crippen LogP contribution in [-0.4, -0.2) is 5.78 Å². The summed E-state index contributed by atoms with van der Waals surface area (Å²) < 4.78 is 0. The molecule has 13 heavy (non-hydrogen) atoms. The molecule has 2 fully saturated rings. The smallest absolute Gasteiger partial charge is 0.140 e. The molecule has 2 saturated carbocycles. The third kappa shape index (κ3) is 1.02. The average molecular weight is 178 g/mol. The average Bonchev–Trinajstić information content (AvgIpc) is 1.95. The number of ketones is 1. The van der Waals surface area contributed by atoms with Gasteiger partial charge in [0, 0.05) is 12.8 Å². The Morgan fingerprint density at radius 1 is 1.08 bits per heavy atom. The second-order valence-electron chi connectivity index (χ2n) is 5.66. The van der Waals surface area contributed by atoms with Crippen molar-refractivity contribution in [1.29, 1.82) is 0 Å². The molecule has 0 saturated heterocycles. The summed E-state index contributed by atoms with van der Waals surface area (Å²) in [6, 6.07) is 0. The monoisotopic (exact) mass is 178 g/mol. The van der Waals surface area contributed by atoms with Gasteiger partial charge in [-0.2, -0.15) is 0 Å². The molecule has 0 aliphatic heterocycles. The van der Waals surface area contributed by atoms with E-state index < -0.39 is 0 Å². The number of rotatable bonds is 0. The molecule has 0 amide bonds. The first-order chi connectivity index (χ1) is 5.84. The molecule has 0 bridgehead atoms. The number of carbonyl (C=O) groups excluding carboxylic acids is 1. The minimum Gasteiger partial charge on any atom is -0.299 e. The highest BCUT2D eigenvalue weighted by Gasteiger charge is 2.51. The van der Waals surface area contributed by atoms with Gasteiger partial charge in [0.2, 0.25) is 0 Å². The highest BCUT2D eigenvalue weighted by Crippen LogP contribution is 2.62. The third-order valence-electron chi connectivity index (χ3n) is 4.31. The summed E-state index contributed by atoms with van der Waals surface area (Å²) in [5.74, 6) is 0.419. The minimum atomic E-state index is 0.322. The van der Waals surface area contributed by atoms with E-state index >= 15 is 0 Å². The van der Waals surface area contributed by atoms with Gasteiger partial charge in [0.1, 0.15) is 5.78 Å². The van der Waals surface area contributed by atoms with Crippen LogP contribution in [0.2, 0.25) is 0 Å². The minimum absolute atomic E-state index is 0.322. The van der Waals surface area contributed by atoms with Crippen LogP contribution in [0.15, 0.2) is 11.1 Å². The van der Waals surface area contributed by atoms with Gasteiger partial charge in [-0.15, -0.1) is 0 Å². The van der Waals surface area contributed by atoms with E-state index in [9.17, 15) is 4.79 Å². The molecule has 2 aliphatic rings.